The summed E-state index contributed by atoms with van der Waals surface area (Å²) in [6.45, 7) is 2.82. The number of nitrogen functional groups attached to an aromatic ring is 1. The zero-order chi connectivity index (χ0) is 30.5. The van der Waals surface area contributed by atoms with Crippen LogP contribution in [0, 0.1) is 12.3 Å². The standard InChI is InChI=1S/C30H33N4O7P/c1-4-5-6-19-39-30(37)34-29(20-23-7-9-24(31)10-8-23)42(38,40-27-15-11-25(12-16-27)32-21(2)35)41-28-17-13-26(14-18-28)33-22(3)36/h1,7-18,29H,5-6,19-20,31H2,2-3H3,(H,32,35)(H,33,36)(H,34,37). The van der Waals surface area contributed by atoms with E-state index >= 15 is 0 Å². The number of nitrogens with two attached hydrogens (primary N) is 1. The van der Waals surface area contributed by atoms with E-state index in [9.17, 15) is 18.9 Å². The number of carbonyl (C=O) groups is 3. The smallest absolute Gasteiger partial charge is 0.450 e. The number of anilines is 3. The predicted octanol–water partition coefficient (Wildman–Crippen LogP) is 5.54. The number of alkyl carbamates (subject to hydrolysis) is 1. The fraction of sp³-hybridized carbons (Fsp3) is 0.233. The largest absolute Gasteiger partial charge is 0.453 e. The van der Waals surface area contributed by atoms with E-state index in [1.807, 2.05) is 0 Å². The van der Waals surface area contributed by atoms with Crippen molar-refractivity contribution in [3.63, 3.8) is 0 Å². The van der Waals surface area contributed by atoms with Crippen molar-refractivity contribution in [2.45, 2.75) is 38.9 Å². The summed E-state index contributed by atoms with van der Waals surface area (Å²) >= 11 is 0. The number of terminal acetylenes is 1. The van der Waals surface area contributed by atoms with Crippen molar-refractivity contribution in [1.29, 1.82) is 0 Å². The van der Waals surface area contributed by atoms with Gasteiger partial charge in [0.25, 0.3) is 0 Å². The maximum Gasteiger partial charge on any atom is 0.453 e. The third kappa shape index (κ3) is 10.2. The zero-order valence-corrected chi connectivity index (χ0v) is 24.2. The number of amides is 3. The van der Waals surface area contributed by atoms with Gasteiger partial charge in [-0.1, -0.05) is 12.1 Å². The summed E-state index contributed by atoms with van der Waals surface area (Å²) < 4.78 is 31.9. The molecule has 0 radical (unpaired) electrons. The minimum atomic E-state index is -4.28. The Labute approximate surface area is 244 Å². The average molecular weight is 593 g/mol. The lowest BCUT2D eigenvalue weighted by atomic mass is 10.1. The number of unbranched alkanes of at least 4 members (excludes halogenated alkanes) is 1. The van der Waals surface area contributed by atoms with Crippen molar-refractivity contribution < 1.29 is 32.7 Å². The molecular formula is C30H33N4O7P. The minimum absolute atomic E-state index is 0.0327. The van der Waals surface area contributed by atoms with Crippen LogP contribution in [0.5, 0.6) is 11.5 Å². The van der Waals surface area contributed by atoms with Crippen LogP contribution in [0.1, 0.15) is 32.3 Å². The number of benzene rings is 3. The van der Waals surface area contributed by atoms with Crippen LogP contribution in [0.25, 0.3) is 0 Å². The maximum absolute atomic E-state index is 14.7. The molecule has 11 nitrogen and oxygen atoms in total. The van der Waals surface area contributed by atoms with Crippen LogP contribution in [0.4, 0.5) is 21.9 Å². The van der Waals surface area contributed by atoms with Crippen molar-refractivity contribution >= 4 is 42.6 Å². The molecule has 3 amide bonds. The highest BCUT2D eigenvalue weighted by molar-refractivity contribution is 7.55. The van der Waals surface area contributed by atoms with Gasteiger partial charge in [0.2, 0.25) is 11.8 Å². The summed E-state index contributed by atoms with van der Waals surface area (Å²) in [5.74, 6) is 1.07. The third-order valence-electron chi connectivity index (χ3n) is 5.59. The van der Waals surface area contributed by atoms with E-state index in [0.29, 0.717) is 35.5 Å². The van der Waals surface area contributed by atoms with Crippen LogP contribution in [-0.2, 0) is 25.3 Å². The van der Waals surface area contributed by atoms with Crippen molar-refractivity contribution in [3.05, 3.63) is 78.4 Å². The van der Waals surface area contributed by atoms with Crippen LogP contribution in [0.2, 0.25) is 0 Å². The molecule has 0 spiro atoms. The SMILES string of the molecule is C#CCCCOC(=O)NC(Cc1ccc(N)cc1)P(=O)(Oc1ccc(NC(C)=O)cc1)Oc1ccc(NC(C)=O)cc1. The topological polar surface area (TPSA) is 158 Å². The molecule has 0 saturated carbocycles. The Morgan fingerprint density at radius 3 is 1.81 bits per heavy atom. The lowest BCUT2D eigenvalue weighted by Gasteiger charge is -2.28. The number of hydrogen-bond donors (Lipinski definition) is 4. The molecule has 0 aromatic heterocycles. The summed E-state index contributed by atoms with van der Waals surface area (Å²) in [7, 11) is -4.28. The molecule has 5 N–H and O–H groups in total. The van der Waals surface area contributed by atoms with Crippen LogP contribution < -0.4 is 30.7 Å². The van der Waals surface area contributed by atoms with Crippen molar-refractivity contribution in [3.8, 4) is 23.8 Å². The van der Waals surface area contributed by atoms with E-state index in [1.165, 1.54) is 38.1 Å². The van der Waals surface area contributed by atoms with Gasteiger partial charge in [0, 0.05) is 43.8 Å². The van der Waals surface area contributed by atoms with Gasteiger partial charge in [-0.25, -0.2) is 9.36 Å². The Hall–Kier alpha value is -4.94. The molecule has 0 heterocycles. The predicted molar refractivity (Wildman–Crippen MR) is 161 cm³/mol. The fourth-order valence-corrected chi connectivity index (χ4v) is 5.50. The quantitative estimate of drug-likeness (QED) is 0.0871. The van der Waals surface area contributed by atoms with Gasteiger partial charge in [-0.3, -0.25) is 9.59 Å². The molecule has 1 atom stereocenters. The van der Waals surface area contributed by atoms with Crippen LogP contribution >= 0.6 is 7.60 Å². The second-order valence-corrected chi connectivity index (χ2v) is 11.3. The number of hydrogen-bond acceptors (Lipinski definition) is 8. The number of rotatable bonds is 13. The summed E-state index contributed by atoms with van der Waals surface area (Å²) in [5, 5.41) is 7.94. The van der Waals surface area contributed by atoms with Crippen LogP contribution in [0.3, 0.4) is 0 Å². The van der Waals surface area contributed by atoms with Crippen molar-refractivity contribution in [1.82, 2.24) is 5.32 Å². The second kappa shape index (κ2) is 15.2. The van der Waals surface area contributed by atoms with E-state index in [4.69, 9.17) is 25.9 Å². The first kappa shape index (κ1) is 31.6. The van der Waals surface area contributed by atoms with E-state index in [-0.39, 0.29) is 36.3 Å². The van der Waals surface area contributed by atoms with E-state index in [2.05, 4.69) is 21.9 Å². The lowest BCUT2D eigenvalue weighted by Crippen LogP contribution is -2.39. The van der Waals surface area contributed by atoms with Gasteiger partial charge in [0.05, 0.1) is 6.61 Å². The molecule has 42 heavy (non-hydrogen) atoms. The van der Waals surface area contributed by atoms with Gasteiger partial charge in [-0.05, 0) is 72.6 Å². The Kier molecular flexibility index (Phi) is 11.4. The van der Waals surface area contributed by atoms with Gasteiger partial charge < -0.3 is 35.5 Å². The lowest BCUT2D eigenvalue weighted by molar-refractivity contribution is -0.115. The zero-order valence-electron chi connectivity index (χ0n) is 23.3. The maximum atomic E-state index is 14.7. The molecule has 0 aliphatic rings. The first-order chi connectivity index (χ1) is 20.1. The van der Waals surface area contributed by atoms with E-state index in [0.717, 1.165) is 0 Å². The molecule has 3 aromatic rings. The first-order valence-corrected chi connectivity index (χ1v) is 14.6. The highest BCUT2D eigenvalue weighted by atomic mass is 31.2. The Bertz CT molecular complexity index is 1390. The molecule has 3 rings (SSSR count). The molecular weight excluding hydrogens is 559 g/mol. The molecule has 3 aromatic carbocycles. The van der Waals surface area contributed by atoms with Gasteiger partial charge in [-0.15, -0.1) is 12.3 Å². The Balaban J connectivity index is 1.97. The molecule has 0 aliphatic carbocycles. The van der Waals surface area contributed by atoms with Crippen LogP contribution in [-0.4, -0.2) is 30.3 Å². The van der Waals surface area contributed by atoms with Crippen molar-refractivity contribution in [2.75, 3.05) is 23.0 Å². The summed E-state index contributed by atoms with van der Waals surface area (Å²) in [4.78, 5) is 35.6. The van der Waals surface area contributed by atoms with Crippen LogP contribution in [0.15, 0.2) is 72.8 Å². The number of ether oxygens (including phenoxy) is 1. The monoisotopic (exact) mass is 592 g/mol. The molecule has 0 bridgehead atoms. The van der Waals surface area contributed by atoms with Gasteiger partial charge in [0.15, 0.2) is 5.78 Å². The van der Waals surface area contributed by atoms with E-state index in [1.54, 1.807) is 48.5 Å². The summed E-state index contributed by atoms with van der Waals surface area (Å²) in [6, 6.07) is 19.2. The summed E-state index contributed by atoms with van der Waals surface area (Å²) in [5.41, 5.74) is 8.07. The highest BCUT2D eigenvalue weighted by Gasteiger charge is 2.41. The van der Waals surface area contributed by atoms with Gasteiger partial charge in [-0.2, -0.15) is 0 Å². The molecule has 0 aliphatic heterocycles. The van der Waals surface area contributed by atoms with Crippen molar-refractivity contribution in [2.24, 2.45) is 0 Å². The highest BCUT2D eigenvalue weighted by Crippen LogP contribution is 2.53. The van der Waals surface area contributed by atoms with Gasteiger partial charge in [0.1, 0.15) is 11.5 Å². The number of nitrogens with one attached hydrogen (secondary N) is 3. The molecule has 12 heteroatoms. The molecule has 220 valence electrons. The van der Waals surface area contributed by atoms with E-state index < -0.39 is 19.5 Å². The second-order valence-electron chi connectivity index (χ2n) is 9.18. The fourth-order valence-electron chi connectivity index (χ4n) is 3.68. The molecule has 0 saturated heterocycles. The minimum Gasteiger partial charge on any atom is -0.450 e. The number of carbonyl (C=O) groups excluding carboxylic acids is 3. The Morgan fingerprint density at radius 1 is 0.857 bits per heavy atom. The average Bonchev–Trinajstić information content (AvgIpc) is 2.93. The molecule has 0 fully saturated rings. The normalized spacial score (nSPS) is 11.4. The Morgan fingerprint density at radius 2 is 1.36 bits per heavy atom. The first-order valence-electron chi connectivity index (χ1n) is 13.0. The molecule has 1 unspecified atom stereocenters. The third-order valence-corrected chi connectivity index (χ3v) is 7.59. The van der Waals surface area contributed by atoms with Gasteiger partial charge >= 0.3 is 13.7 Å². The summed E-state index contributed by atoms with van der Waals surface area (Å²) in [6.07, 6.45) is 5.35.